The molecule has 2 heterocycles. The molecule has 4 aromatic rings. The van der Waals surface area contributed by atoms with Crippen molar-refractivity contribution >= 4 is 56.5 Å². The van der Waals surface area contributed by atoms with Crippen molar-refractivity contribution in [3.05, 3.63) is 94.0 Å². The molecule has 0 N–H and O–H groups in total. The fraction of sp³-hybridized carbons (Fsp3) is 0.0769. The zero-order chi connectivity index (χ0) is 22.9. The summed E-state index contributed by atoms with van der Waals surface area (Å²) in [4.78, 5) is 20.7. The minimum absolute atomic E-state index is 0.230. The van der Waals surface area contributed by atoms with Crippen molar-refractivity contribution < 1.29 is 14.3 Å². The van der Waals surface area contributed by atoms with Crippen LogP contribution in [0.15, 0.2) is 83.5 Å². The summed E-state index contributed by atoms with van der Waals surface area (Å²) < 4.78 is 11.6. The normalized spacial score (nSPS) is 14.8. The Balaban J connectivity index is 1.66. The number of benzene rings is 3. The average molecular weight is 475 g/mol. The number of methoxy groups -OCH3 is 2. The number of halogens is 1. The van der Waals surface area contributed by atoms with Crippen LogP contribution in [-0.4, -0.2) is 26.0 Å². The Hall–Kier alpha value is -3.61. The van der Waals surface area contributed by atoms with E-state index in [0.29, 0.717) is 33.7 Å². The van der Waals surface area contributed by atoms with Crippen LogP contribution in [0.25, 0.3) is 16.2 Å². The highest BCUT2D eigenvalue weighted by molar-refractivity contribution is 7.21. The third-order valence-electron chi connectivity index (χ3n) is 5.33. The first-order valence-corrected chi connectivity index (χ1v) is 11.4. The number of hydrogen-bond donors (Lipinski definition) is 0. The summed E-state index contributed by atoms with van der Waals surface area (Å²) in [5.74, 6) is 1.69. The number of anilines is 1. The summed E-state index contributed by atoms with van der Waals surface area (Å²) in [6.07, 6.45) is 1.76. The van der Waals surface area contributed by atoms with E-state index >= 15 is 0 Å². The van der Waals surface area contributed by atoms with Crippen molar-refractivity contribution in [1.82, 2.24) is 0 Å². The third-order valence-corrected chi connectivity index (χ3v) is 7.00. The zero-order valence-corrected chi connectivity index (χ0v) is 19.5. The van der Waals surface area contributed by atoms with Gasteiger partial charge in [0.05, 0.1) is 29.8 Å². The molecule has 5 rings (SSSR count). The molecule has 0 saturated carbocycles. The van der Waals surface area contributed by atoms with Gasteiger partial charge in [-0.25, -0.2) is 4.99 Å². The first kappa shape index (κ1) is 21.2. The lowest BCUT2D eigenvalue weighted by molar-refractivity contribution is -0.113. The van der Waals surface area contributed by atoms with Gasteiger partial charge in [0.25, 0.3) is 5.91 Å². The molecule has 7 heteroatoms. The Kier molecular flexibility index (Phi) is 5.62. The van der Waals surface area contributed by atoms with Gasteiger partial charge >= 0.3 is 0 Å². The molecular formula is C26H19ClN2O3S. The summed E-state index contributed by atoms with van der Waals surface area (Å²) >= 11 is 8.28. The summed E-state index contributed by atoms with van der Waals surface area (Å²) in [7, 11) is 3.22. The lowest BCUT2D eigenvalue weighted by atomic mass is 10.1. The molecule has 1 amide bonds. The van der Waals surface area contributed by atoms with E-state index in [1.54, 1.807) is 25.2 Å². The molecule has 0 bridgehead atoms. The highest BCUT2D eigenvalue weighted by Gasteiger charge is 2.35. The number of ether oxygens (including phenoxy) is 2. The van der Waals surface area contributed by atoms with E-state index in [9.17, 15) is 4.79 Å². The average Bonchev–Trinajstić information content (AvgIpc) is 3.36. The minimum atomic E-state index is -0.230. The summed E-state index contributed by atoms with van der Waals surface area (Å²) in [5.41, 5.74) is 1.82. The lowest BCUT2D eigenvalue weighted by Gasteiger charge is -2.18. The second-order valence-electron chi connectivity index (χ2n) is 7.32. The van der Waals surface area contributed by atoms with Crippen molar-refractivity contribution in [3.8, 4) is 11.5 Å². The SMILES string of the molecule is COc1ccc(N2C(=O)/C(=C\c3cccc(OC)c3)N=C2c2sc3ccccc3c2Cl)cc1. The topological polar surface area (TPSA) is 51.1 Å². The molecule has 0 aliphatic carbocycles. The number of fused-ring (bicyclic) bond motifs is 1. The minimum Gasteiger partial charge on any atom is -0.497 e. The van der Waals surface area contributed by atoms with Gasteiger partial charge in [-0.3, -0.25) is 9.69 Å². The first-order valence-electron chi connectivity index (χ1n) is 10.2. The van der Waals surface area contributed by atoms with Crippen LogP contribution in [0.5, 0.6) is 11.5 Å². The van der Waals surface area contributed by atoms with Gasteiger partial charge in [0.15, 0.2) is 5.84 Å². The molecule has 0 atom stereocenters. The van der Waals surface area contributed by atoms with Crippen LogP contribution in [0, 0.1) is 0 Å². The van der Waals surface area contributed by atoms with Crippen LogP contribution in [0.3, 0.4) is 0 Å². The maximum absolute atomic E-state index is 13.6. The fourth-order valence-corrected chi connectivity index (χ4v) is 5.18. The van der Waals surface area contributed by atoms with E-state index in [4.69, 9.17) is 26.1 Å². The number of aliphatic imine (C=N–C) groups is 1. The van der Waals surface area contributed by atoms with E-state index in [0.717, 1.165) is 20.5 Å². The van der Waals surface area contributed by atoms with Crippen LogP contribution in [0.4, 0.5) is 5.69 Å². The molecule has 0 fully saturated rings. The van der Waals surface area contributed by atoms with E-state index in [1.807, 2.05) is 72.8 Å². The van der Waals surface area contributed by atoms with Crippen LogP contribution < -0.4 is 14.4 Å². The molecule has 3 aromatic carbocycles. The zero-order valence-electron chi connectivity index (χ0n) is 17.9. The predicted octanol–water partition coefficient (Wildman–Crippen LogP) is 6.41. The van der Waals surface area contributed by atoms with E-state index in [2.05, 4.69) is 0 Å². The van der Waals surface area contributed by atoms with Crippen molar-refractivity contribution in [3.63, 3.8) is 0 Å². The summed E-state index contributed by atoms with van der Waals surface area (Å²) in [5, 5.41) is 1.53. The van der Waals surface area contributed by atoms with Crippen LogP contribution in [0.2, 0.25) is 5.02 Å². The molecule has 33 heavy (non-hydrogen) atoms. The number of carbonyl (C=O) groups excluding carboxylic acids is 1. The summed E-state index contributed by atoms with van der Waals surface area (Å²) in [6.45, 7) is 0. The number of rotatable bonds is 5. The molecule has 1 aromatic heterocycles. The highest BCUT2D eigenvalue weighted by Crippen LogP contribution is 2.39. The van der Waals surface area contributed by atoms with Gasteiger partial charge in [-0.05, 0) is 54.1 Å². The number of amides is 1. The van der Waals surface area contributed by atoms with Gasteiger partial charge in [-0.15, -0.1) is 11.3 Å². The highest BCUT2D eigenvalue weighted by atomic mass is 35.5. The van der Waals surface area contributed by atoms with Crippen LogP contribution in [0.1, 0.15) is 10.4 Å². The second kappa shape index (κ2) is 8.73. The monoisotopic (exact) mass is 474 g/mol. The Morgan fingerprint density at radius 1 is 0.939 bits per heavy atom. The van der Waals surface area contributed by atoms with Crippen molar-refractivity contribution in [2.75, 3.05) is 19.1 Å². The number of thiophene rings is 1. The van der Waals surface area contributed by atoms with Gasteiger partial charge in [-0.1, -0.05) is 41.9 Å². The molecular weight excluding hydrogens is 456 g/mol. The Bertz CT molecular complexity index is 1420. The molecule has 0 spiro atoms. The number of carbonyl (C=O) groups is 1. The van der Waals surface area contributed by atoms with Crippen molar-refractivity contribution in [2.45, 2.75) is 0 Å². The van der Waals surface area contributed by atoms with Gasteiger partial charge in [0, 0.05) is 10.1 Å². The second-order valence-corrected chi connectivity index (χ2v) is 8.75. The molecule has 0 radical (unpaired) electrons. The van der Waals surface area contributed by atoms with Crippen LogP contribution in [-0.2, 0) is 4.79 Å². The van der Waals surface area contributed by atoms with Crippen LogP contribution >= 0.6 is 22.9 Å². The Labute approximate surface area is 200 Å². The summed E-state index contributed by atoms with van der Waals surface area (Å²) in [6, 6.07) is 22.7. The van der Waals surface area contributed by atoms with E-state index < -0.39 is 0 Å². The largest absolute Gasteiger partial charge is 0.497 e. The molecule has 164 valence electrons. The Morgan fingerprint density at radius 3 is 2.42 bits per heavy atom. The van der Waals surface area contributed by atoms with Crippen molar-refractivity contribution in [2.24, 2.45) is 4.99 Å². The molecule has 5 nitrogen and oxygen atoms in total. The standard InChI is InChI=1S/C26H19ClN2O3S/c1-31-18-12-10-17(11-13-18)29-25(24-23(27)20-8-3-4-9-22(20)33-24)28-21(26(29)30)15-16-6-5-7-19(14-16)32-2/h3-15H,1-2H3/b21-15+. The van der Waals surface area contributed by atoms with E-state index in [1.165, 1.54) is 11.3 Å². The molecule has 0 unspecified atom stereocenters. The van der Waals surface area contributed by atoms with Gasteiger partial charge < -0.3 is 9.47 Å². The fourth-order valence-electron chi connectivity index (χ4n) is 3.69. The predicted molar refractivity (Wildman–Crippen MR) is 135 cm³/mol. The van der Waals surface area contributed by atoms with Gasteiger partial charge in [-0.2, -0.15) is 0 Å². The molecule has 1 aliphatic rings. The number of hydrogen-bond acceptors (Lipinski definition) is 5. The maximum atomic E-state index is 13.6. The maximum Gasteiger partial charge on any atom is 0.282 e. The first-order chi connectivity index (χ1) is 16.1. The van der Waals surface area contributed by atoms with E-state index in [-0.39, 0.29) is 5.91 Å². The smallest absolute Gasteiger partial charge is 0.282 e. The lowest BCUT2D eigenvalue weighted by Crippen LogP contribution is -2.32. The van der Waals surface area contributed by atoms with Crippen molar-refractivity contribution in [1.29, 1.82) is 0 Å². The third kappa shape index (κ3) is 3.88. The molecule has 1 aliphatic heterocycles. The molecule has 0 saturated heterocycles. The van der Waals surface area contributed by atoms with Gasteiger partial charge in [0.2, 0.25) is 0 Å². The quantitative estimate of drug-likeness (QED) is 0.314. The number of amidine groups is 1. The number of nitrogens with zero attached hydrogens (tertiary/aromatic N) is 2. The van der Waals surface area contributed by atoms with Gasteiger partial charge in [0.1, 0.15) is 17.2 Å². The Morgan fingerprint density at radius 2 is 1.70 bits per heavy atom.